The second-order valence-corrected chi connectivity index (χ2v) is 6.37. The summed E-state index contributed by atoms with van der Waals surface area (Å²) in [5.74, 6) is 0. The van der Waals surface area contributed by atoms with Crippen molar-refractivity contribution in [3.8, 4) is 0 Å². The van der Waals surface area contributed by atoms with E-state index >= 15 is 0 Å². The third-order valence-corrected chi connectivity index (χ3v) is 4.39. The molecule has 1 aromatic carbocycles. The number of benzene rings is 1. The molecule has 1 rings (SSSR count). The predicted molar refractivity (Wildman–Crippen MR) is 82.4 cm³/mol. The van der Waals surface area contributed by atoms with Crippen LogP contribution < -0.4 is 0 Å². The lowest BCUT2D eigenvalue weighted by Crippen LogP contribution is -2.06. The summed E-state index contributed by atoms with van der Waals surface area (Å²) >= 11 is 0. The second kappa shape index (κ2) is 10.9. The highest BCUT2D eigenvalue weighted by Gasteiger charge is 2.23. The first-order valence-corrected chi connectivity index (χ1v) is 9.00. The Bertz CT molecular complexity index is 400. The Balaban J connectivity index is 2.07. The molecular formula is C15H25O5P. The summed E-state index contributed by atoms with van der Waals surface area (Å²) in [7, 11) is -3.09. The van der Waals surface area contributed by atoms with Gasteiger partial charge in [-0.05, 0) is 25.8 Å². The highest BCUT2D eigenvalue weighted by atomic mass is 31.2. The third kappa shape index (κ3) is 8.34. The highest BCUT2D eigenvalue weighted by Crippen LogP contribution is 2.47. The fourth-order valence-corrected chi connectivity index (χ4v) is 3.07. The molecule has 21 heavy (non-hydrogen) atoms. The van der Waals surface area contributed by atoms with E-state index in [1.807, 2.05) is 30.3 Å². The average molecular weight is 316 g/mol. The Hall–Kier alpha value is -0.710. The van der Waals surface area contributed by atoms with Crippen molar-refractivity contribution in [1.82, 2.24) is 0 Å². The first kappa shape index (κ1) is 18.3. The molecule has 0 saturated heterocycles. The van der Waals surface area contributed by atoms with Crippen LogP contribution >= 0.6 is 7.60 Å². The molecule has 0 amide bonds. The van der Waals surface area contributed by atoms with Crippen molar-refractivity contribution < 1.29 is 23.1 Å². The number of rotatable bonds is 12. The minimum atomic E-state index is -3.09. The van der Waals surface area contributed by atoms with Gasteiger partial charge in [-0.25, -0.2) is 0 Å². The molecule has 0 unspecified atom stereocenters. The van der Waals surface area contributed by atoms with E-state index in [-0.39, 0.29) is 6.35 Å². The molecule has 0 aliphatic rings. The fraction of sp³-hybridized carbons (Fsp3) is 0.600. The molecule has 120 valence electrons. The van der Waals surface area contributed by atoms with Gasteiger partial charge in [-0.2, -0.15) is 0 Å². The molecule has 0 aliphatic heterocycles. The SMILES string of the molecule is CCOP(=O)(COCCCOCc1ccccc1)OCC. The number of hydrogen-bond donors (Lipinski definition) is 0. The zero-order chi connectivity index (χ0) is 15.4. The van der Waals surface area contributed by atoms with E-state index in [2.05, 4.69) is 0 Å². The normalized spacial score (nSPS) is 11.7. The summed E-state index contributed by atoms with van der Waals surface area (Å²) in [6, 6.07) is 10.0. The maximum atomic E-state index is 12.1. The molecular weight excluding hydrogens is 291 g/mol. The zero-order valence-corrected chi connectivity index (χ0v) is 13.7. The Kier molecular flexibility index (Phi) is 9.55. The van der Waals surface area contributed by atoms with Crippen LogP contribution in [0.3, 0.4) is 0 Å². The zero-order valence-electron chi connectivity index (χ0n) is 12.8. The monoisotopic (exact) mass is 316 g/mol. The largest absolute Gasteiger partial charge is 0.377 e. The molecule has 1 aromatic rings. The van der Waals surface area contributed by atoms with Crippen LogP contribution in [-0.4, -0.2) is 32.8 Å². The van der Waals surface area contributed by atoms with Crippen molar-refractivity contribution in [1.29, 1.82) is 0 Å². The van der Waals surface area contributed by atoms with Crippen molar-refractivity contribution >= 4 is 7.60 Å². The molecule has 0 aliphatic carbocycles. The van der Waals surface area contributed by atoms with Crippen molar-refractivity contribution in [2.75, 3.05) is 32.8 Å². The highest BCUT2D eigenvalue weighted by molar-refractivity contribution is 7.53. The molecule has 0 radical (unpaired) electrons. The van der Waals surface area contributed by atoms with E-state index in [9.17, 15) is 4.57 Å². The van der Waals surface area contributed by atoms with Gasteiger partial charge < -0.3 is 18.5 Å². The molecule has 0 atom stereocenters. The van der Waals surface area contributed by atoms with Crippen LogP contribution in [0.25, 0.3) is 0 Å². The Morgan fingerprint density at radius 1 is 0.952 bits per heavy atom. The quantitative estimate of drug-likeness (QED) is 0.433. The predicted octanol–water partition coefficient (Wildman–Crippen LogP) is 3.83. The van der Waals surface area contributed by atoms with Crippen molar-refractivity contribution in [2.45, 2.75) is 26.9 Å². The molecule has 0 aromatic heterocycles. The number of hydrogen-bond acceptors (Lipinski definition) is 5. The molecule has 6 heteroatoms. The first-order chi connectivity index (χ1) is 10.2. The number of ether oxygens (including phenoxy) is 2. The molecule has 0 N–H and O–H groups in total. The van der Waals surface area contributed by atoms with Crippen LogP contribution in [0.15, 0.2) is 30.3 Å². The van der Waals surface area contributed by atoms with E-state index in [4.69, 9.17) is 18.5 Å². The molecule has 0 bridgehead atoms. The molecule has 0 saturated carbocycles. The van der Waals surface area contributed by atoms with Crippen LogP contribution in [0.2, 0.25) is 0 Å². The van der Waals surface area contributed by atoms with Gasteiger partial charge in [0.2, 0.25) is 0 Å². The van der Waals surface area contributed by atoms with Crippen LogP contribution in [-0.2, 0) is 29.7 Å². The third-order valence-electron chi connectivity index (χ3n) is 2.59. The van der Waals surface area contributed by atoms with Crippen molar-refractivity contribution in [2.24, 2.45) is 0 Å². The summed E-state index contributed by atoms with van der Waals surface area (Å²) in [6.45, 7) is 5.92. The Morgan fingerprint density at radius 2 is 1.57 bits per heavy atom. The van der Waals surface area contributed by atoms with Gasteiger partial charge in [0.1, 0.15) is 6.35 Å². The van der Waals surface area contributed by atoms with E-state index < -0.39 is 7.60 Å². The smallest absolute Gasteiger partial charge is 0.356 e. The van der Waals surface area contributed by atoms with Gasteiger partial charge in [0.05, 0.1) is 19.8 Å². The maximum absolute atomic E-state index is 12.1. The minimum absolute atomic E-state index is 0.00658. The van der Waals surface area contributed by atoms with Crippen LogP contribution in [0.5, 0.6) is 0 Å². The van der Waals surface area contributed by atoms with Crippen LogP contribution in [0, 0.1) is 0 Å². The lowest BCUT2D eigenvalue weighted by molar-refractivity contribution is 0.0804. The first-order valence-electron chi connectivity index (χ1n) is 7.27. The fourth-order valence-electron chi connectivity index (χ4n) is 1.71. The second-order valence-electron chi connectivity index (χ2n) is 4.38. The van der Waals surface area contributed by atoms with E-state index in [0.717, 1.165) is 12.0 Å². The minimum Gasteiger partial charge on any atom is -0.377 e. The lowest BCUT2D eigenvalue weighted by Gasteiger charge is -2.16. The summed E-state index contributed by atoms with van der Waals surface area (Å²) < 4.78 is 33.2. The summed E-state index contributed by atoms with van der Waals surface area (Å²) in [6.07, 6.45) is 0.735. The van der Waals surface area contributed by atoms with Crippen molar-refractivity contribution in [3.63, 3.8) is 0 Å². The standard InChI is InChI=1S/C15H25O5P/c1-3-19-21(16,20-4-2)14-18-12-8-11-17-13-15-9-6-5-7-10-15/h5-7,9-10H,3-4,8,11-14H2,1-2H3. The summed E-state index contributed by atoms with van der Waals surface area (Å²) in [5.41, 5.74) is 1.15. The van der Waals surface area contributed by atoms with Gasteiger partial charge in [0.25, 0.3) is 0 Å². The van der Waals surface area contributed by atoms with Crippen molar-refractivity contribution in [3.05, 3.63) is 35.9 Å². The average Bonchev–Trinajstić information content (AvgIpc) is 2.48. The molecule has 0 heterocycles. The van der Waals surface area contributed by atoms with E-state index in [0.29, 0.717) is 33.0 Å². The van der Waals surface area contributed by atoms with E-state index in [1.165, 1.54) is 0 Å². The lowest BCUT2D eigenvalue weighted by atomic mass is 10.2. The summed E-state index contributed by atoms with van der Waals surface area (Å²) in [5, 5.41) is 0. The van der Waals surface area contributed by atoms with Gasteiger partial charge >= 0.3 is 7.60 Å². The Labute approximate surface area is 127 Å². The van der Waals surface area contributed by atoms with Crippen LogP contribution in [0.1, 0.15) is 25.8 Å². The van der Waals surface area contributed by atoms with Gasteiger partial charge in [0.15, 0.2) is 0 Å². The van der Waals surface area contributed by atoms with Gasteiger partial charge in [-0.1, -0.05) is 30.3 Å². The van der Waals surface area contributed by atoms with Gasteiger partial charge in [-0.15, -0.1) is 0 Å². The molecule has 5 nitrogen and oxygen atoms in total. The maximum Gasteiger partial charge on any atom is 0.356 e. The molecule has 0 fully saturated rings. The molecule has 0 spiro atoms. The summed E-state index contributed by atoms with van der Waals surface area (Å²) in [4.78, 5) is 0. The van der Waals surface area contributed by atoms with Gasteiger partial charge in [0, 0.05) is 13.2 Å². The van der Waals surface area contributed by atoms with E-state index in [1.54, 1.807) is 13.8 Å². The van der Waals surface area contributed by atoms with Gasteiger partial charge in [-0.3, -0.25) is 4.57 Å². The van der Waals surface area contributed by atoms with Crippen LogP contribution in [0.4, 0.5) is 0 Å². The topological polar surface area (TPSA) is 54.0 Å². The Morgan fingerprint density at radius 3 is 2.19 bits per heavy atom.